The van der Waals surface area contributed by atoms with E-state index in [4.69, 9.17) is 4.42 Å². The van der Waals surface area contributed by atoms with Gasteiger partial charge in [0.25, 0.3) is 0 Å². The number of nitrogens with zero attached hydrogens (tertiary/aromatic N) is 2. The van der Waals surface area contributed by atoms with Crippen LogP contribution in [0.4, 0.5) is 5.69 Å². The fourth-order valence-electron chi connectivity index (χ4n) is 3.11. The molecule has 4 nitrogen and oxygen atoms in total. The summed E-state index contributed by atoms with van der Waals surface area (Å²) >= 11 is 1.63. The van der Waals surface area contributed by atoms with Gasteiger partial charge in [-0.1, -0.05) is 24.3 Å². The van der Waals surface area contributed by atoms with Gasteiger partial charge < -0.3 is 9.32 Å². The fraction of sp³-hybridized carbons (Fsp3) is 0.143. The Kier molecular flexibility index (Phi) is 4.31. The van der Waals surface area contributed by atoms with Crippen molar-refractivity contribution in [1.29, 1.82) is 0 Å². The Morgan fingerprint density at radius 2 is 1.96 bits per heavy atom. The molecule has 5 heteroatoms. The van der Waals surface area contributed by atoms with Crippen LogP contribution in [-0.2, 0) is 6.54 Å². The predicted octanol–water partition coefficient (Wildman–Crippen LogP) is 4.86. The van der Waals surface area contributed by atoms with Crippen LogP contribution in [0.5, 0.6) is 0 Å². The molecule has 0 aliphatic heterocycles. The highest BCUT2D eigenvalue weighted by atomic mass is 32.1. The molecule has 130 valence electrons. The molecule has 0 fully saturated rings. The molecule has 0 atom stereocenters. The van der Waals surface area contributed by atoms with E-state index < -0.39 is 0 Å². The number of anilines is 1. The van der Waals surface area contributed by atoms with Gasteiger partial charge in [-0.05, 0) is 30.2 Å². The Morgan fingerprint density at radius 1 is 1.12 bits per heavy atom. The average Bonchev–Trinajstić information content (AvgIpc) is 3.14. The number of hydrogen-bond donors (Lipinski definition) is 0. The molecule has 0 bridgehead atoms. The monoisotopic (exact) mass is 362 g/mol. The molecule has 0 radical (unpaired) electrons. The maximum Gasteiger partial charge on any atom is 0.336 e. The molecule has 0 N–H and O–H groups in total. The zero-order valence-corrected chi connectivity index (χ0v) is 15.4. The molecule has 2 aromatic carbocycles. The van der Waals surface area contributed by atoms with E-state index in [0.29, 0.717) is 12.1 Å². The third kappa shape index (κ3) is 3.13. The molecule has 26 heavy (non-hydrogen) atoms. The van der Waals surface area contributed by atoms with Gasteiger partial charge in [-0.25, -0.2) is 9.78 Å². The third-order valence-electron chi connectivity index (χ3n) is 4.46. The highest BCUT2D eigenvalue weighted by Gasteiger charge is 2.12. The van der Waals surface area contributed by atoms with Gasteiger partial charge in [0.1, 0.15) is 10.6 Å². The number of aromatic nitrogens is 1. The summed E-state index contributed by atoms with van der Waals surface area (Å²) in [7, 11) is 2.01. The van der Waals surface area contributed by atoms with Crippen LogP contribution in [0, 0.1) is 6.92 Å². The number of thiazole rings is 1. The summed E-state index contributed by atoms with van der Waals surface area (Å²) in [6.07, 6.45) is 1.81. The van der Waals surface area contributed by atoms with Crippen LogP contribution < -0.4 is 10.5 Å². The largest absolute Gasteiger partial charge is 0.423 e. The molecule has 0 saturated heterocycles. The number of benzene rings is 2. The van der Waals surface area contributed by atoms with E-state index in [0.717, 1.165) is 32.8 Å². The van der Waals surface area contributed by atoms with Crippen molar-refractivity contribution in [3.05, 3.63) is 81.1 Å². The van der Waals surface area contributed by atoms with Gasteiger partial charge in [0.2, 0.25) is 0 Å². The van der Waals surface area contributed by atoms with Crippen LogP contribution in [0.15, 0.2) is 69.3 Å². The molecule has 2 aromatic heterocycles. The van der Waals surface area contributed by atoms with Crippen molar-refractivity contribution in [3.8, 4) is 11.1 Å². The van der Waals surface area contributed by atoms with Crippen LogP contribution in [0.2, 0.25) is 0 Å². The lowest BCUT2D eigenvalue weighted by molar-refractivity contribution is 0.561. The molecule has 2 heterocycles. The van der Waals surface area contributed by atoms with Gasteiger partial charge in [0, 0.05) is 47.4 Å². The SMILES string of the molecule is Cc1ccccc1-c1cc(=O)oc2cc(N(C)Cc3nccs3)ccc12. The predicted molar refractivity (Wildman–Crippen MR) is 107 cm³/mol. The first-order valence-corrected chi connectivity index (χ1v) is 9.23. The van der Waals surface area contributed by atoms with Crippen molar-refractivity contribution in [2.75, 3.05) is 11.9 Å². The van der Waals surface area contributed by atoms with Crippen LogP contribution in [0.1, 0.15) is 10.6 Å². The van der Waals surface area contributed by atoms with E-state index in [1.807, 2.05) is 61.9 Å². The van der Waals surface area contributed by atoms with Gasteiger partial charge in [0.15, 0.2) is 0 Å². The number of rotatable bonds is 4. The summed E-state index contributed by atoms with van der Waals surface area (Å²) in [5, 5.41) is 3.95. The third-order valence-corrected chi connectivity index (χ3v) is 5.22. The Labute approximate surface area is 155 Å². The lowest BCUT2D eigenvalue weighted by Gasteiger charge is -2.18. The van der Waals surface area contributed by atoms with Crippen LogP contribution in [0.3, 0.4) is 0 Å². The molecule has 0 aliphatic rings. The summed E-state index contributed by atoms with van der Waals surface area (Å²) in [4.78, 5) is 18.6. The van der Waals surface area contributed by atoms with Crippen molar-refractivity contribution in [1.82, 2.24) is 4.98 Å². The van der Waals surface area contributed by atoms with Gasteiger partial charge in [0.05, 0.1) is 6.54 Å². The molecule has 4 rings (SSSR count). The van der Waals surface area contributed by atoms with Crippen molar-refractivity contribution in [2.45, 2.75) is 13.5 Å². The van der Waals surface area contributed by atoms with Gasteiger partial charge in [-0.2, -0.15) is 0 Å². The zero-order chi connectivity index (χ0) is 18.1. The van der Waals surface area contributed by atoms with Crippen molar-refractivity contribution in [2.24, 2.45) is 0 Å². The second kappa shape index (κ2) is 6.77. The summed E-state index contributed by atoms with van der Waals surface area (Å²) in [6, 6.07) is 15.6. The Hall–Kier alpha value is -2.92. The molecule has 0 amide bonds. The van der Waals surface area contributed by atoms with Crippen molar-refractivity contribution >= 4 is 28.0 Å². The minimum atomic E-state index is -0.338. The average molecular weight is 362 g/mol. The normalized spacial score (nSPS) is 11.0. The summed E-state index contributed by atoms with van der Waals surface area (Å²) in [5.74, 6) is 0. The summed E-state index contributed by atoms with van der Waals surface area (Å²) < 4.78 is 5.49. The number of hydrogen-bond acceptors (Lipinski definition) is 5. The Bertz CT molecular complexity index is 1120. The first-order valence-electron chi connectivity index (χ1n) is 8.35. The fourth-order valence-corrected chi connectivity index (χ4v) is 3.78. The van der Waals surface area contributed by atoms with E-state index >= 15 is 0 Å². The maximum absolute atomic E-state index is 12.1. The topological polar surface area (TPSA) is 46.3 Å². The molecule has 0 spiro atoms. The quantitative estimate of drug-likeness (QED) is 0.486. The minimum Gasteiger partial charge on any atom is -0.423 e. The number of aryl methyl sites for hydroxylation is 1. The van der Waals surface area contributed by atoms with Crippen LogP contribution in [-0.4, -0.2) is 12.0 Å². The van der Waals surface area contributed by atoms with E-state index in [9.17, 15) is 4.79 Å². The van der Waals surface area contributed by atoms with E-state index in [-0.39, 0.29) is 5.63 Å². The highest BCUT2D eigenvalue weighted by Crippen LogP contribution is 2.31. The molecule has 0 unspecified atom stereocenters. The lowest BCUT2D eigenvalue weighted by atomic mass is 9.98. The van der Waals surface area contributed by atoms with E-state index in [1.165, 1.54) is 0 Å². The van der Waals surface area contributed by atoms with Crippen molar-refractivity contribution in [3.63, 3.8) is 0 Å². The standard InChI is InChI=1S/C21H18N2O2S/c1-14-5-3-4-6-16(14)18-12-21(24)25-19-11-15(7-8-17(18)19)23(2)13-20-22-9-10-26-20/h3-12H,13H2,1-2H3. The van der Waals surface area contributed by atoms with Crippen LogP contribution >= 0.6 is 11.3 Å². The Balaban J connectivity index is 1.80. The lowest BCUT2D eigenvalue weighted by Crippen LogP contribution is -2.16. The smallest absolute Gasteiger partial charge is 0.336 e. The summed E-state index contributed by atoms with van der Waals surface area (Å²) in [5.41, 5.74) is 4.33. The molecule has 4 aromatic rings. The first kappa shape index (κ1) is 16.5. The minimum absolute atomic E-state index is 0.338. The second-order valence-electron chi connectivity index (χ2n) is 6.26. The van der Waals surface area contributed by atoms with Gasteiger partial charge >= 0.3 is 5.63 Å². The van der Waals surface area contributed by atoms with Crippen molar-refractivity contribution < 1.29 is 4.42 Å². The molecular formula is C21H18N2O2S. The van der Waals surface area contributed by atoms with E-state index in [2.05, 4.69) is 16.0 Å². The maximum atomic E-state index is 12.1. The van der Waals surface area contributed by atoms with Gasteiger partial charge in [-0.15, -0.1) is 11.3 Å². The summed E-state index contributed by atoms with van der Waals surface area (Å²) in [6.45, 7) is 2.76. The Morgan fingerprint density at radius 3 is 2.73 bits per heavy atom. The first-order chi connectivity index (χ1) is 12.6. The second-order valence-corrected chi connectivity index (χ2v) is 7.24. The highest BCUT2D eigenvalue weighted by molar-refractivity contribution is 7.09. The molecular weight excluding hydrogens is 344 g/mol. The van der Waals surface area contributed by atoms with Crippen LogP contribution in [0.25, 0.3) is 22.1 Å². The van der Waals surface area contributed by atoms with E-state index in [1.54, 1.807) is 17.4 Å². The molecule has 0 aliphatic carbocycles. The van der Waals surface area contributed by atoms with Gasteiger partial charge in [-0.3, -0.25) is 0 Å². The zero-order valence-electron chi connectivity index (χ0n) is 14.6. The molecule has 0 saturated carbocycles. The number of fused-ring (bicyclic) bond motifs is 1.